The van der Waals surface area contributed by atoms with Crippen LogP contribution in [0.15, 0.2) is 11.8 Å². The van der Waals surface area contributed by atoms with Crippen molar-refractivity contribution < 1.29 is 9.84 Å². The van der Waals surface area contributed by atoms with Crippen LogP contribution >= 0.6 is 0 Å². The molecule has 2 heteroatoms. The maximum absolute atomic E-state index is 8.92. The van der Waals surface area contributed by atoms with Gasteiger partial charge in [0.2, 0.25) is 0 Å². The molecular weight excluding hydrogens is 116 g/mol. The van der Waals surface area contributed by atoms with Gasteiger partial charge in [-0.05, 0) is 19.4 Å². The molecule has 0 aliphatic rings. The molecule has 0 bridgehead atoms. The van der Waals surface area contributed by atoms with Crippen molar-refractivity contribution in [2.75, 3.05) is 13.2 Å². The monoisotopic (exact) mass is 130 g/mol. The van der Waals surface area contributed by atoms with Gasteiger partial charge in [-0.3, -0.25) is 0 Å². The Kier molecular flexibility index (Phi) is 5.32. The fourth-order valence-electron chi connectivity index (χ4n) is 0.501. The Morgan fingerprint density at radius 1 is 1.56 bits per heavy atom. The van der Waals surface area contributed by atoms with Gasteiger partial charge in [0.1, 0.15) is 12.4 Å². The molecule has 0 aromatic heterocycles. The average Bonchev–Trinajstić information content (AvgIpc) is 1.85. The zero-order chi connectivity index (χ0) is 7.11. The number of rotatable bonds is 4. The molecule has 0 rings (SSSR count). The zero-order valence-corrected chi connectivity index (χ0v) is 6.05. The summed E-state index contributed by atoms with van der Waals surface area (Å²) >= 11 is 0. The Hall–Kier alpha value is -0.500. The first-order valence-corrected chi connectivity index (χ1v) is 3.27. The van der Waals surface area contributed by atoms with E-state index >= 15 is 0 Å². The lowest BCUT2D eigenvalue weighted by Crippen LogP contribution is -1.96. The van der Waals surface area contributed by atoms with E-state index in [9.17, 15) is 0 Å². The third-order valence-electron chi connectivity index (χ3n) is 0.894. The number of hydrogen-bond acceptors (Lipinski definition) is 2. The van der Waals surface area contributed by atoms with Crippen LogP contribution in [-0.2, 0) is 4.74 Å². The summed E-state index contributed by atoms with van der Waals surface area (Å²) in [6.07, 6.45) is 2.61. The molecule has 0 heterocycles. The molecule has 0 saturated carbocycles. The van der Waals surface area contributed by atoms with Gasteiger partial charge in [0.15, 0.2) is 0 Å². The lowest BCUT2D eigenvalue weighted by Gasteiger charge is -1.97. The van der Waals surface area contributed by atoms with Gasteiger partial charge in [-0.1, -0.05) is 6.92 Å². The third-order valence-corrected chi connectivity index (χ3v) is 0.894. The van der Waals surface area contributed by atoms with Crippen LogP contribution in [0, 0.1) is 0 Å². The summed E-state index contributed by atoms with van der Waals surface area (Å²) in [5.74, 6) is 0.333. The first kappa shape index (κ1) is 8.50. The van der Waals surface area contributed by atoms with Gasteiger partial charge in [-0.2, -0.15) is 0 Å². The number of allylic oxidation sites excluding steroid dienone is 1. The smallest absolute Gasteiger partial charge is 0.114 e. The molecule has 0 spiro atoms. The third kappa shape index (κ3) is 5.37. The minimum Gasteiger partial charge on any atom is -0.510 e. The molecule has 0 amide bonds. The molecule has 9 heavy (non-hydrogen) atoms. The van der Waals surface area contributed by atoms with Crippen molar-refractivity contribution in [2.24, 2.45) is 0 Å². The van der Waals surface area contributed by atoms with Crippen molar-refractivity contribution >= 4 is 0 Å². The van der Waals surface area contributed by atoms with Gasteiger partial charge in [0.25, 0.3) is 0 Å². The molecule has 0 saturated heterocycles. The second-order valence-corrected chi connectivity index (χ2v) is 1.74. The van der Waals surface area contributed by atoms with Crippen molar-refractivity contribution in [2.45, 2.75) is 20.3 Å². The van der Waals surface area contributed by atoms with E-state index < -0.39 is 0 Å². The molecule has 0 aromatic carbocycles. The fourth-order valence-corrected chi connectivity index (χ4v) is 0.501. The molecule has 2 nitrogen and oxygen atoms in total. The maximum atomic E-state index is 8.92. The minimum absolute atomic E-state index is 0.333. The van der Waals surface area contributed by atoms with Crippen LogP contribution < -0.4 is 0 Å². The second kappa shape index (κ2) is 5.63. The molecule has 0 aliphatic carbocycles. The first-order valence-electron chi connectivity index (χ1n) is 3.27. The van der Waals surface area contributed by atoms with Crippen molar-refractivity contribution in [1.29, 1.82) is 0 Å². The van der Waals surface area contributed by atoms with Gasteiger partial charge in [0, 0.05) is 6.61 Å². The molecule has 0 fully saturated rings. The highest BCUT2D eigenvalue weighted by molar-refractivity contribution is 4.89. The van der Waals surface area contributed by atoms with Crippen LogP contribution in [0.25, 0.3) is 0 Å². The van der Waals surface area contributed by atoms with Gasteiger partial charge >= 0.3 is 0 Å². The van der Waals surface area contributed by atoms with Gasteiger partial charge in [0.05, 0.1) is 0 Å². The van der Waals surface area contributed by atoms with Crippen LogP contribution in [0.4, 0.5) is 0 Å². The lowest BCUT2D eigenvalue weighted by atomic mass is 10.4. The highest BCUT2D eigenvalue weighted by Gasteiger charge is 1.87. The standard InChI is InChI=1S/C7H14O2/c1-3-5-7(8)6-9-4-2/h5,8H,3-4,6H2,1-2H3. The summed E-state index contributed by atoms with van der Waals surface area (Å²) in [5, 5.41) is 8.92. The molecule has 0 aromatic rings. The van der Waals surface area contributed by atoms with Crippen molar-refractivity contribution in [3.63, 3.8) is 0 Å². The van der Waals surface area contributed by atoms with Gasteiger partial charge in [-0.15, -0.1) is 0 Å². The molecule has 0 aliphatic heterocycles. The Morgan fingerprint density at radius 3 is 2.67 bits per heavy atom. The fraction of sp³-hybridized carbons (Fsp3) is 0.714. The summed E-state index contributed by atoms with van der Waals surface area (Å²) < 4.78 is 4.93. The van der Waals surface area contributed by atoms with E-state index in [2.05, 4.69) is 0 Å². The van der Waals surface area contributed by atoms with E-state index in [1.807, 2.05) is 13.8 Å². The molecule has 54 valence electrons. The van der Waals surface area contributed by atoms with Crippen LogP contribution in [0.5, 0.6) is 0 Å². The highest BCUT2D eigenvalue weighted by atomic mass is 16.5. The van der Waals surface area contributed by atoms with E-state index in [4.69, 9.17) is 9.84 Å². The average molecular weight is 130 g/mol. The van der Waals surface area contributed by atoms with E-state index in [-0.39, 0.29) is 0 Å². The Labute approximate surface area is 56.1 Å². The number of aliphatic hydroxyl groups excluding tert-OH is 1. The summed E-state index contributed by atoms with van der Waals surface area (Å²) in [6.45, 7) is 4.88. The Balaban J connectivity index is 3.25. The van der Waals surface area contributed by atoms with E-state index in [0.717, 1.165) is 6.42 Å². The van der Waals surface area contributed by atoms with Crippen molar-refractivity contribution in [3.05, 3.63) is 11.8 Å². The largest absolute Gasteiger partial charge is 0.510 e. The minimum atomic E-state index is 0.333. The second-order valence-electron chi connectivity index (χ2n) is 1.74. The maximum Gasteiger partial charge on any atom is 0.114 e. The summed E-state index contributed by atoms with van der Waals surface area (Å²) in [6, 6.07) is 0. The van der Waals surface area contributed by atoms with Gasteiger partial charge < -0.3 is 9.84 Å². The molecule has 1 N–H and O–H groups in total. The van der Waals surface area contributed by atoms with E-state index in [1.54, 1.807) is 6.08 Å². The Bertz CT molecular complexity index is 86.9. The Morgan fingerprint density at radius 2 is 2.22 bits per heavy atom. The number of hydrogen-bond donors (Lipinski definition) is 1. The summed E-state index contributed by atoms with van der Waals surface area (Å²) in [4.78, 5) is 0. The molecule has 0 atom stereocenters. The molecule has 0 radical (unpaired) electrons. The van der Waals surface area contributed by atoms with Crippen LogP contribution in [0.1, 0.15) is 20.3 Å². The van der Waals surface area contributed by atoms with Crippen molar-refractivity contribution in [1.82, 2.24) is 0 Å². The molecular formula is C7H14O2. The van der Waals surface area contributed by atoms with Gasteiger partial charge in [-0.25, -0.2) is 0 Å². The normalized spacial score (nSPS) is 12.0. The molecule has 0 unspecified atom stereocenters. The predicted octanol–water partition coefficient (Wildman–Crippen LogP) is 1.87. The van der Waals surface area contributed by atoms with Crippen LogP contribution in [-0.4, -0.2) is 18.3 Å². The van der Waals surface area contributed by atoms with E-state index in [1.165, 1.54) is 0 Å². The highest BCUT2D eigenvalue weighted by Crippen LogP contribution is 1.91. The SMILES string of the molecule is CCC=C(O)COCC. The quantitative estimate of drug-likeness (QED) is 0.589. The lowest BCUT2D eigenvalue weighted by molar-refractivity contribution is 0.139. The summed E-state index contributed by atoms with van der Waals surface area (Å²) in [5.41, 5.74) is 0. The zero-order valence-electron chi connectivity index (χ0n) is 6.05. The first-order chi connectivity index (χ1) is 4.31. The van der Waals surface area contributed by atoms with E-state index in [0.29, 0.717) is 19.0 Å². The van der Waals surface area contributed by atoms with Crippen LogP contribution in [0.2, 0.25) is 0 Å². The van der Waals surface area contributed by atoms with Crippen LogP contribution in [0.3, 0.4) is 0 Å². The topological polar surface area (TPSA) is 29.5 Å². The number of ether oxygens (including phenoxy) is 1. The summed E-state index contributed by atoms with van der Waals surface area (Å²) in [7, 11) is 0. The number of aliphatic hydroxyl groups is 1. The van der Waals surface area contributed by atoms with Crippen molar-refractivity contribution in [3.8, 4) is 0 Å². The predicted molar refractivity (Wildman–Crippen MR) is 37.5 cm³/mol.